The van der Waals surface area contributed by atoms with Gasteiger partial charge in [-0.15, -0.1) is 0 Å². The average molecular weight is 345 g/mol. The number of benzene rings is 1. The molecule has 1 atom stereocenters. The number of aryl methyl sites for hydroxylation is 1. The number of amides is 1. The highest BCUT2D eigenvalue weighted by Gasteiger charge is 2.34. The van der Waals surface area contributed by atoms with E-state index >= 15 is 0 Å². The van der Waals surface area contributed by atoms with E-state index in [0.717, 1.165) is 52.2 Å². The number of carbonyl (C=O) groups is 1. The van der Waals surface area contributed by atoms with Crippen molar-refractivity contribution in [3.63, 3.8) is 0 Å². The van der Waals surface area contributed by atoms with Crippen molar-refractivity contribution in [1.29, 1.82) is 0 Å². The normalized spacial score (nSPS) is 25.5. The van der Waals surface area contributed by atoms with E-state index in [1.165, 1.54) is 11.1 Å². The molecule has 1 amide bonds. The van der Waals surface area contributed by atoms with Gasteiger partial charge in [-0.3, -0.25) is 14.6 Å². The predicted octanol–water partition coefficient (Wildman–Crippen LogP) is 1.31. The molecule has 0 bridgehead atoms. The third-order valence-electron chi connectivity index (χ3n) is 5.87. The Balaban J connectivity index is 1.44. The van der Waals surface area contributed by atoms with E-state index < -0.39 is 0 Å². The SMILES string of the molecule is Cc1ccccc1CN1CCN(C(=O)CN2CCC(C)(CN)C2)CC1. The number of rotatable bonds is 5. The summed E-state index contributed by atoms with van der Waals surface area (Å²) in [5, 5.41) is 0. The van der Waals surface area contributed by atoms with Crippen molar-refractivity contribution in [1.82, 2.24) is 14.7 Å². The average Bonchev–Trinajstić information content (AvgIpc) is 2.99. The van der Waals surface area contributed by atoms with Crippen LogP contribution in [0.5, 0.6) is 0 Å². The molecule has 1 unspecified atom stereocenters. The largest absolute Gasteiger partial charge is 0.339 e. The van der Waals surface area contributed by atoms with Gasteiger partial charge in [0.05, 0.1) is 6.54 Å². The molecule has 0 saturated carbocycles. The van der Waals surface area contributed by atoms with Crippen LogP contribution in [0.25, 0.3) is 0 Å². The second kappa shape index (κ2) is 7.85. The van der Waals surface area contributed by atoms with Crippen LogP contribution in [-0.2, 0) is 11.3 Å². The van der Waals surface area contributed by atoms with E-state index in [2.05, 4.69) is 47.9 Å². The minimum absolute atomic E-state index is 0.187. The molecule has 1 aromatic rings. The number of piperazine rings is 1. The molecule has 0 aromatic heterocycles. The summed E-state index contributed by atoms with van der Waals surface area (Å²) in [6.45, 7) is 12.2. The zero-order valence-corrected chi connectivity index (χ0v) is 15.7. The van der Waals surface area contributed by atoms with Crippen molar-refractivity contribution in [3.05, 3.63) is 35.4 Å². The van der Waals surface area contributed by atoms with Crippen LogP contribution in [0.15, 0.2) is 24.3 Å². The van der Waals surface area contributed by atoms with Crippen molar-refractivity contribution in [2.45, 2.75) is 26.8 Å². The number of hydrogen-bond acceptors (Lipinski definition) is 4. The van der Waals surface area contributed by atoms with Crippen molar-refractivity contribution in [3.8, 4) is 0 Å². The molecule has 2 aliphatic rings. The third kappa shape index (κ3) is 4.60. The molecule has 138 valence electrons. The Morgan fingerprint density at radius 2 is 1.84 bits per heavy atom. The van der Waals surface area contributed by atoms with E-state index in [1.54, 1.807) is 0 Å². The Kier molecular flexibility index (Phi) is 5.77. The maximum Gasteiger partial charge on any atom is 0.236 e. The molecule has 5 nitrogen and oxygen atoms in total. The van der Waals surface area contributed by atoms with Gasteiger partial charge in [-0.25, -0.2) is 0 Å². The van der Waals surface area contributed by atoms with Crippen LogP contribution >= 0.6 is 0 Å². The fourth-order valence-electron chi connectivity index (χ4n) is 3.90. The number of hydrogen-bond donors (Lipinski definition) is 1. The molecule has 0 radical (unpaired) electrons. The third-order valence-corrected chi connectivity index (χ3v) is 5.87. The van der Waals surface area contributed by atoms with Gasteiger partial charge in [0, 0.05) is 39.3 Å². The second-order valence-corrected chi connectivity index (χ2v) is 8.06. The molecule has 2 saturated heterocycles. The van der Waals surface area contributed by atoms with Gasteiger partial charge >= 0.3 is 0 Å². The first-order valence-corrected chi connectivity index (χ1v) is 9.46. The molecule has 3 rings (SSSR count). The summed E-state index contributed by atoms with van der Waals surface area (Å²) in [6.07, 6.45) is 1.10. The maximum absolute atomic E-state index is 12.6. The van der Waals surface area contributed by atoms with Gasteiger partial charge in [-0.2, -0.15) is 0 Å². The molecule has 5 heteroatoms. The van der Waals surface area contributed by atoms with E-state index in [4.69, 9.17) is 5.73 Å². The molecule has 0 aliphatic carbocycles. The van der Waals surface area contributed by atoms with E-state index in [0.29, 0.717) is 13.1 Å². The minimum atomic E-state index is 0.187. The second-order valence-electron chi connectivity index (χ2n) is 8.06. The topological polar surface area (TPSA) is 52.8 Å². The Morgan fingerprint density at radius 3 is 2.48 bits per heavy atom. The maximum atomic E-state index is 12.6. The molecular weight excluding hydrogens is 312 g/mol. The summed E-state index contributed by atoms with van der Waals surface area (Å²) in [5.41, 5.74) is 8.79. The Labute approximate surface area is 151 Å². The minimum Gasteiger partial charge on any atom is -0.339 e. The summed E-state index contributed by atoms with van der Waals surface area (Å²) in [4.78, 5) is 19.4. The van der Waals surface area contributed by atoms with Crippen LogP contribution < -0.4 is 5.73 Å². The van der Waals surface area contributed by atoms with E-state index in [1.807, 2.05) is 4.90 Å². The highest BCUT2D eigenvalue weighted by molar-refractivity contribution is 5.78. The summed E-state index contributed by atoms with van der Waals surface area (Å²) in [5.74, 6) is 0.275. The van der Waals surface area contributed by atoms with Gasteiger partial charge in [-0.1, -0.05) is 31.2 Å². The number of carbonyl (C=O) groups excluding carboxylic acids is 1. The van der Waals surface area contributed by atoms with Crippen LogP contribution in [0.1, 0.15) is 24.5 Å². The quantitative estimate of drug-likeness (QED) is 0.875. The van der Waals surface area contributed by atoms with Crippen LogP contribution in [0.4, 0.5) is 0 Å². The summed E-state index contributed by atoms with van der Waals surface area (Å²) in [7, 11) is 0. The number of likely N-dealkylation sites (tertiary alicyclic amines) is 1. The Hall–Kier alpha value is -1.43. The monoisotopic (exact) mass is 344 g/mol. The molecule has 1 aromatic carbocycles. The lowest BCUT2D eigenvalue weighted by Crippen LogP contribution is -2.50. The van der Waals surface area contributed by atoms with Crippen molar-refractivity contribution >= 4 is 5.91 Å². The molecular formula is C20H32N4O. The fraction of sp³-hybridized carbons (Fsp3) is 0.650. The predicted molar refractivity (Wildman–Crippen MR) is 101 cm³/mol. The van der Waals surface area contributed by atoms with Gasteiger partial charge in [0.2, 0.25) is 5.91 Å². The smallest absolute Gasteiger partial charge is 0.236 e. The highest BCUT2D eigenvalue weighted by atomic mass is 16.2. The first kappa shape index (κ1) is 18.4. The van der Waals surface area contributed by atoms with Crippen molar-refractivity contribution < 1.29 is 4.79 Å². The molecule has 25 heavy (non-hydrogen) atoms. The number of nitrogens with zero attached hydrogens (tertiary/aromatic N) is 3. The lowest BCUT2D eigenvalue weighted by Gasteiger charge is -2.35. The summed E-state index contributed by atoms with van der Waals surface area (Å²) in [6, 6.07) is 8.56. The Bertz CT molecular complexity index is 597. The zero-order chi connectivity index (χ0) is 17.9. The molecule has 2 heterocycles. The summed E-state index contributed by atoms with van der Waals surface area (Å²) < 4.78 is 0. The highest BCUT2D eigenvalue weighted by Crippen LogP contribution is 2.28. The first-order chi connectivity index (χ1) is 12.0. The lowest BCUT2D eigenvalue weighted by atomic mass is 9.90. The number of nitrogens with two attached hydrogens (primary N) is 1. The van der Waals surface area contributed by atoms with Gasteiger partial charge in [0.15, 0.2) is 0 Å². The Morgan fingerprint density at radius 1 is 1.12 bits per heavy atom. The summed E-state index contributed by atoms with van der Waals surface area (Å²) >= 11 is 0. The first-order valence-electron chi connectivity index (χ1n) is 9.46. The van der Waals surface area contributed by atoms with Gasteiger partial charge < -0.3 is 10.6 Å². The lowest BCUT2D eigenvalue weighted by molar-refractivity contribution is -0.134. The van der Waals surface area contributed by atoms with Gasteiger partial charge in [-0.05, 0) is 43.0 Å². The standard InChI is InChI=1S/C20H32N4O/c1-17-5-3-4-6-18(17)13-22-9-11-24(12-10-22)19(25)14-23-8-7-20(2,15-21)16-23/h3-6H,7-16,21H2,1-2H3. The van der Waals surface area contributed by atoms with E-state index in [9.17, 15) is 4.79 Å². The fourth-order valence-corrected chi connectivity index (χ4v) is 3.90. The molecule has 0 spiro atoms. The van der Waals surface area contributed by atoms with Crippen molar-refractivity contribution in [2.75, 3.05) is 52.4 Å². The van der Waals surface area contributed by atoms with Crippen LogP contribution in [0, 0.1) is 12.3 Å². The molecule has 2 fully saturated rings. The van der Waals surface area contributed by atoms with Crippen molar-refractivity contribution in [2.24, 2.45) is 11.1 Å². The van der Waals surface area contributed by atoms with Gasteiger partial charge in [0.25, 0.3) is 0 Å². The zero-order valence-electron chi connectivity index (χ0n) is 15.7. The van der Waals surface area contributed by atoms with E-state index in [-0.39, 0.29) is 11.3 Å². The van der Waals surface area contributed by atoms with Crippen LogP contribution in [0.3, 0.4) is 0 Å². The molecule has 2 N–H and O–H groups in total. The molecule has 2 aliphatic heterocycles. The van der Waals surface area contributed by atoms with Crippen LogP contribution in [0.2, 0.25) is 0 Å². The van der Waals surface area contributed by atoms with Crippen LogP contribution in [-0.4, -0.2) is 73.0 Å². The van der Waals surface area contributed by atoms with Gasteiger partial charge in [0.1, 0.15) is 0 Å².